The fourth-order valence-corrected chi connectivity index (χ4v) is 2.95. The smallest absolute Gasteiger partial charge is 0.0750 e. The summed E-state index contributed by atoms with van der Waals surface area (Å²) in [4.78, 5) is 2.69. The molecule has 0 radical (unpaired) electrons. The molecule has 1 heterocycles. The monoisotopic (exact) mass is 240 g/mol. The average molecular weight is 240 g/mol. The van der Waals surface area contributed by atoms with Crippen molar-refractivity contribution < 1.29 is 4.74 Å². The number of hydrogen-bond acceptors (Lipinski definition) is 3. The van der Waals surface area contributed by atoms with Crippen molar-refractivity contribution in [3.8, 4) is 0 Å². The van der Waals surface area contributed by atoms with Gasteiger partial charge in [0.1, 0.15) is 0 Å². The topological polar surface area (TPSA) is 24.5 Å². The first kappa shape index (κ1) is 13.3. The minimum Gasteiger partial charge on any atom is -0.375 e. The normalized spacial score (nSPS) is 31.1. The van der Waals surface area contributed by atoms with Crippen molar-refractivity contribution in [2.24, 2.45) is 0 Å². The second-order valence-electron chi connectivity index (χ2n) is 6.28. The van der Waals surface area contributed by atoms with E-state index >= 15 is 0 Å². The molecule has 2 fully saturated rings. The summed E-state index contributed by atoms with van der Waals surface area (Å²) in [5.41, 5.74) is -0.0367. The third kappa shape index (κ3) is 3.67. The molecule has 17 heavy (non-hydrogen) atoms. The molecule has 0 aromatic rings. The zero-order chi connectivity index (χ0) is 12.5. The summed E-state index contributed by atoms with van der Waals surface area (Å²) in [6, 6.07) is 2.32. The summed E-state index contributed by atoms with van der Waals surface area (Å²) >= 11 is 0. The molecule has 1 saturated carbocycles. The molecule has 2 rings (SSSR count). The van der Waals surface area contributed by atoms with E-state index in [0.29, 0.717) is 6.04 Å². The molecule has 3 nitrogen and oxygen atoms in total. The van der Waals surface area contributed by atoms with Gasteiger partial charge in [0.05, 0.1) is 5.60 Å². The van der Waals surface area contributed by atoms with Crippen molar-refractivity contribution in [1.82, 2.24) is 10.2 Å². The van der Waals surface area contributed by atoms with Crippen LogP contribution in [0.4, 0.5) is 0 Å². The molecule has 2 unspecified atom stereocenters. The molecule has 0 amide bonds. The molecule has 2 aliphatic rings. The highest BCUT2D eigenvalue weighted by Gasteiger charge is 2.38. The largest absolute Gasteiger partial charge is 0.375 e. The molecule has 0 bridgehead atoms. The van der Waals surface area contributed by atoms with Gasteiger partial charge in [-0.2, -0.15) is 0 Å². The van der Waals surface area contributed by atoms with Crippen molar-refractivity contribution in [3.05, 3.63) is 0 Å². The minimum absolute atomic E-state index is 0.0367. The number of hydrogen-bond donors (Lipinski definition) is 1. The van der Waals surface area contributed by atoms with E-state index < -0.39 is 0 Å². The molecule has 0 aromatic carbocycles. The molecule has 100 valence electrons. The molecular formula is C14H28N2O. The molecule has 0 spiro atoms. The SMILES string of the molecule is CCOC(C)(C)CNC1CC(C)N(C2CC2)C1. The summed E-state index contributed by atoms with van der Waals surface area (Å²) in [7, 11) is 0. The zero-order valence-corrected chi connectivity index (χ0v) is 11.8. The van der Waals surface area contributed by atoms with Gasteiger partial charge < -0.3 is 10.1 Å². The number of rotatable bonds is 6. The Bertz CT molecular complexity index is 251. The van der Waals surface area contributed by atoms with Crippen molar-refractivity contribution in [1.29, 1.82) is 0 Å². The number of ether oxygens (including phenoxy) is 1. The Hall–Kier alpha value is -0.120. The first-order valence-corrected chi connectivity index (χ1v) is 7.15. The van der Waals surface area contributed by atoms with E-state index in [2.05, 4.69) is 37.9 Å². The minimum atomic E-state index is -0.0367. The first-order valence-electron chi connectivity index (χ1n) is 7.15. The maximum Gasteiger partial charge on any atom is 0.0750 e. The Balaban J connectivity index is 1.73. The van der Waals surface area contributed by atoms with Gasteiger partial charge in [0.2, 0.25) is 0 Å². The number of nitrogens with one attached hydrogen (secondary N) is 1. The summed E-state index contributed by atoms with van der Waals surface area (Å²) in [6.07, 6.45) is 4.13. The van der Waals surface area contributed by atoms with Crippen LogP contribution in [0.3, 0.4) is 0 Å². The lowest BCUT2D eigenvalue weighted by molar-refractivity contribution is -0.0104. The van der Waals surface area contributed by atoms with E-state index in [1.165, 1.54) is 25.8 Å². The van der Waals surface area contributed by atoms with Crippen LogP contribution < -0.4 is 5.32 Å². The Kier molecular flexibility index (Phi) is 4.11. The molecule has 0 aromatic heterocycles. The molecular weight excluding hydrogens is 212 g/mol. The molecule has 1 aliphatic heterocycles. The van der Waals surface area contributed by atoms with E-state index in [4.69, 9.17) is 4.74 Å². The van der Waals surface area contributed by atoms with Gasteiger partial charge in [-0.05, 0) is 47.0 Å². The van der Waals surface area contributed by atoms with Crippen molar-refractivity contribution >= 4 is 0 Å². The van der Waals surface area contributed by atoms with E-state index in [-0.39, 0.29) is 5.60 Å². The van der Waals surface area contributed by atoms with Crippen LogP contribution >= 0.6 is 0 Å². The van der Waals surface area contributed by atoms with Gasteiger partial charge in [-0.25, -0.2) is 0 Å². The summed E-state index contributed by atoms with van der Waals surface area (Å²) in [5, 5.41) is 3.68. The molecule has 1 aliphatic carbocycles. The summed E-state index contributed by atoms with van der Waals surface area (Å²) in [6.45, 7) is 11.7. The molecule has 1 saturated heterocycles. The Labute approximate surface area is 106 Å². The van der Waals surface area contributed by atoms with Gasteiger partial charge in [0, 0.05) is 37.8 Å². The van der Waals surface area contributed by atoms with Gasteiger partial charge in [-0.15, -0.1) is 0 Å². The summed E-state index contributed by atoms with van der Waals surface area (Å²) in [5.74, 6) is 0. The Morgan fingerprint density at radius 2 is 2.06 bits per heavy atom. The van der Waals surface area contributed by atoms with Crippen LogP contribution in [0.1, 0.15) is 47.0 Å². The average Bonchev–Trinajstić information content (AvgIpc) is 3.01. The third-order valence-electron chi connectivity index (χ3n) is 3.99. The van der Waals surface area contributed by atoms with Crippen LogP contribution in [0, 0.1) is 0 Å². The number of nitrogens with zero attached hydrogens (tertiary/aromatic N) is 1. The third-order valence-corrected chi connectivity index (χ3v) is 3.99. The summed E-state index contributed by atoms with van der Waals surface area (Å²) < 4.78 is 5.73. The van der Waals surface area contributed by atoms with Crippen molar-refractivity contribution in [3.63, 3.8) is 0 Å². The Morgan fingerprint density at radius 1 is 1.35 bits per heavy atom. The molecule has 1 N–H and O–H groups in total. The van der Waals surface area contributed by atoms with Gasteiger partial charge in [-0.1, -0.05) is 0 Å². The molecule has 3 heteroatoms. The van der Waals surface area contributed by atoms with Crippen LogP contribution in [0.25, 0.3) is 0 Å². The second kappa shape index (κ2) is 5.25. The Morgan fingerprint density at radius 3 is 2.65 bits per heavy atom. The zero-order valence-electron chi connectivity index (χ0n) is 11.8. The fourth-order valence-electron chi connectivity index (χ4n) is 2.95. The fraction of sp³-hybridized carbons (Fsp3) is 1.00. The predicted octanol–water partition coefficient (Wildman–Crippen LogP) is 2.02. The molecule has 2 atom stereocenters. The number of likely N-dealkylation sites (tertiary alicyclic amines) is 1. The second-order valence-corrected chi connectivity index (χ2v) is 6.28. The van der Waals surface area contributed by atoms with E-state index in [1.54, 1.807) is 0 Å². The quantitative estimate of drug-likeness (QED) is 0.769. The maximum atomic E-state index is 5.73. The highest BCUT2D eigenvalue weighted by Crippen LogP contribution is 2.33. The van der Waals surface area contributed by atoms with Gasteiger partial charge in [0.15, 0.2) is 0 Å². The highest BCUT2D eigenvalue weighted by atomic mass is 16.5. The van der Waals surface area contributed by atoms with Crippen LogP contribution in [-0.2, 0) is 4.74 Å². The lowest BCUT2D eigenvalue weighted by Gasteiger charge is -2.27. The van der Waals surface area contributed by atoms with E-state index in [1.807, 2.05) is 0 Å². The van der Waals surface area contributed by atoms with E-state index in [0.717, 1.165) is 25.2 Å². The highest BCUT2D eigenvalue weighted by molar-refractivity contribution is 4.96. The van der Waals surface area contributed by atoms with E-state index in [9.17, 15) is 0 Å². The maximum absolute atomic E-state index is 5.73. The van der Waals surface area contributed by atoms with Crippen LogP contribution in [-0.4, -0.2) is 48.3 Å². The van der Waals surface area contributed by atoms with Gasteiger partial charge >= 0.3 is 0 Å². The predicted molar refractivity (Wildman–Crippen MR) is 71.3 cm³/mol. The lowest BCUT2D eigenvalue weighted by atomic mass is 10.1. The van der Waals surface area contributed by atoms with Gasteiger partial charge in [0.25, 0.3) is 0 Å². The lowest BCUT2D eigenvalue weighted by Crippen LogP contribution is -2.43. The van der Waals surface area contributed by atoms with Crippen molar-refractivity contribution in [2.75, 3.05) is 19.7 Å². The first-order chi connectivity index (χ1) is 8.02. The standard InChI is InChI=1S/C14H28N2O/c1-5-17-14(3,4)10-15-12-8-11(2)16(9-12)13-6-7-13/h11-13,15H,5-10H2,1-4H3. The van der Waals surface area contributed by atoms with Crippen molar-refractivity contribution in [2.45, 2.75) is 70.7 Å². The van der Waals surface area contributed by atoms with Crippen LogP contribution in [0.15, 0.2) is 0 Å². The van der Waals surface area contributed by atoms with Gasteiger partial charge in [-0.3, -0.25) is 4.90 Å². The van der Waals surface area contributed by atoms with Crippen LogP contribution in [0.2, 0.25) is 0 Å². The van der Waals surface area contributed by atoms with Crippen LogP contribution in [0.5, 0.6) is 0 Å².